The Labute approximate surface area is 156 Å². The van der Waals surface area contributed by atoms with Crippen LogP contribution in [0.4, 0.5) is 8.78 Å². The van der Waals surface area contributed by atoms with E-state index in [1.54, 1.807) is 13.1 Å². The lowest BCUT2D eigenvalue weighted by Gasteiger charge is -2.15. The van der Waals surface area contributed by atoms with E-state index in [-0.39, 0.29) is 19.1 Å². The molecule has 8 heteroatoms. The van der Waals surface area contributed by atoms with Crippen molar-refractivity contribution in [1.82, 2.24) is 10.6 Å². The molecule has 0 fully saturated rings. The molecule has 144 valence electrons. The summed E-state index contributed by atoms with van der Waals surface area (Å²) in [6.07, 6.45) is 0. The lowest BCUT2D eigenvalue weighted by atomic mass is 10.1. The SMILES string of the molecule is CN=C(NCc1ccccc1C)NCc1cc2c(cc1OC(F)F)OCO2. The Morgan fingerprint density at radius 1 is 1.11 bits per heavy atom. The number of aryl methyl sites for hydroxylation is 1. The molecule has 27 heavy (non-hydrogen) atoms. The summed E-state index contributed by atoms with van der Waals surface area (Å²) in [6.45, 7) is -0.0176. The molecule has 0 spiro atoms. The molecule has 3 rings (SSSR count). The Morgan fingerprint density at radius 2 is 1.78 bits per heavy atom. The fourth-order valence-electron chi connectivity index (χ4n) is 2.70. The first-order chi connectivity index (χ1) is 13.1. The van der Waals surface area contributed by atoms with Crippen molar-refractivity contribution >= 4 is 5.96 Å². The van der Waals surface area contributed by atoms with Gasteiger partial charge in [0.2, 0.25) is 6.79 Å². The van der Waals surface area contributed by atoms with Gasteiger partial charge < -0.3 is 24.8 Å². The lowest BCUT2D eigenvalue weighted by Crippen LogP contribution is -2.36. The van der Waals surface area contributed by atoms with Crippen molar-refractivity contribution in [3.8, 4) is 17.2 Å². The fourth-order valence-corrected chi connectivity index (χ4v) is 2.70. The zero-order chi connectivity index (χ0) is 19.2. The first-order valence-corrected chi connectivity index (χ1v) is 8.43. The van der Waals surface area contributed by atoms with Crippen molar-refractivity contribution < 1.29 is 23.0 Å². The molecule has 2 aromatic carbocycles. The normalized spacial score (nSPS) is 13.0. The maximum absolute atomic E-state index is 12.7. The Morgan fingerprint density at radius 3 is 2.44 bits per heavy atom. The molecule has 1 heterocycles. The summed E-state index contributed by atoms with van der Waals surface area (Å²) in [5, 5.41) is 6.30. The van der Waals surface area contributed by atoms with Gasteiger partial charge in [0.05, 0.1) is 0 Å². The number of fused-ring (bicyclic) bond motifs is 1. The highest BCUT2D eigenvalue weighted by Crippen LogP contribution is 2.38. The third-order valence-corrected chi connectivity index (χ3v) is 4.15. The van der Waals surface area contributed by atoms with Gasteiger partial charge in [0.25, 0.3) is 0 Å². The van der Waals surface area contributed by atoms with Crippen LogP contribution in [-0.4, -0.2) is 26.4 Å². The van der Waals surface area contributed by atoms with Crippen molar-refractivity contribution in [2.75, 3.05) is 13.8 Å². The standard InChI is InChI=1S/C19H21F2N3O3/c1-12-5-3-4-6-13(12)9-23-19(22-2)24-10-14-7-16-17(26-11-25-16)8-15(14)27-18(20)21/h3-8,18H,9-11H2,1-2H3,(H2,22,23,24). The van der Waals surface area contributed by atoms with Crippen LogP contribution in [0, 0.1) is 6.92 Å². The van der Waals surface area contributed by atoms with Gasteiger partial charge in [0.15, 0.2) is 17.5 Å². The summed E-state index contributed by atoms with van der Waals surface area (Å²) in [6, 6.07) is 11.1. The van der Waals surface area contributed by atoms with Crippen LogP contribution in [0.25, 0.3) is 0 Å². The molecule has 0 bridgehead atoms. The van der Waals surface area contributed by atoms with Crippen LogP contribution < -0.4 is 24.8 Å². The van der Waals surface area contributed by atoms with Gasteiger partial charge in [0, 0.05) is 31.8 Å². The monoisotopic (exact) mass is 377 g/mol. The zero-order valence-electron chi connectivity index (χ0n) is 15.1. The molecule has 1 aliphatic heterocycles. The molecule has 0 aromatic heterocycles. The fraction of sp³-hybridized carbons (Fsp3) is 0.316. The predicted octanol–water partition coefficient (Wildman–Crippen LogP) is 3.19. The average Bonchev–Trinajstić information content (AvgIpc) is 3.09. The largest absolute Gasteiger partial charge is 0.454 e. The number of ether oxygens (including phenoxy) is 3. The van der Waals surface area contributed by atoms with E-state index in [1.807, 2.05) is 31.2 Å². The maximum atomic E-state index is 12.7. The molecule has 2 aromatic rings. The van der Waals surface area contributed by atoms with Crippen LogP contribution in [0.1, 0.15) is 16.7 Å². The molecule has 0 unspecified atom stereocenters. The number of halogens is 2. The van der Waals surface area contributed by atoms with Crippen molar-refractivity contribution in [2.24, 2.45) is 4.99 Å². The summed E-state index contributed by atoms with van der Waals surface area (Å²) in [4.78, 5) is 4.16. The Kier molecular flexibility index (Phi) is 5.95. The van der Waals surface area contributed by atoms with Crippen LogP contribution in [0.2, 0.25) is 0 Å². The third-order valence-electron chi connectivity index (χ3n) is 4.15. The summed E-state index contributed by atoms with van der Waals surface area (Å²) >= 11 is 0. The molecule has 0 amide bonds. The van der Waals surface area contributed by atoms with E-state index >= 15 is 0 Å². The minimum atomic E-state index is -2.93. The Hall–Kier alpha value is -3.03. The van der Waals surface area contributed by atoms with Crippen LogP contribution >= 0.6 is 0 Å². The van der Waals surface area contributed by atoms with Crippen LogP contribution in [0.15, 0.2) is 41.4 Å². The van der Waals surface area contributed by atoms with Gasteiger partial charge in [-0.05, 0) is 24.1 Å². The Bertz CT molecular complexity index is 828. The summed E-state index contributed by atoms with van der Waals surface area (Å²) < 4.78 is 40.6. The molecule has 0 radical (unpaired) electrons. The second kappa shape index (κ2) is 8.57. The number of guanidine groups is 1. The molecule has 0 atom stereocenters. The molecule has 6 nitrogen and oxygen atoms in total. The number of benzene rings is 2. The van der Waals surface area contributed by atoms with Crippen molar-refractivity contribution in [3.63, 3.8) is 0 Å². The van der Waals surface area contributed by atoms with Gasteiger partial charge in [-0.25, -0.2) is 0 Å². The van der Waals surface area contributed by atoms with Gasteiger partial charge in [-0.1, -0.05) is 24.3 Å². The minimum Gasteiger partial charge on any atom is -0.454 e. The molecular weight excluding hydrogens is 356 g/mol. The third kappa shape index (κ3) is 4.78. The van der Waals surface area contributed by atoms with Gasteiger partial charge in [-0.3, -0.25) is 4.99 Å². The molecule has 1 aliphatic rings. The second-order valence-corrected chi connectivity index (χ2v) is 5.90. The van der Waals surface area contributed by atoms with E-state index in [0.29, 0.717) is 29.6 Å². The van der Waals surface area contributed by atoms with E-state index in [0.717, 1.165) is 5.56 Å². The number of hydrogen-bond donors (Lipinski definition) is 2. The van der Waals surface area contributed by atoms with E-state index in [2.05, 4.69) is 20.4 Å². The summed E-state index contributed by atoms with van der Waals surface area (Å²) in [5.74, 6) is 1.46. The van der Waals surface area contributed by atoms with Crippen molar-refractivity contribution in [3.05, 3.63) is 53.1 Å². The Balaban J connectivity index is 1.66. The predicted molar refractivity (Wildman–Crippen MR) is 97.4 cm³/mol. The first kappa shape index (κ1) is 18.8. The number of hydrogen-bond acceptors (Lipinski definition) is 4. The molecule has 0 saturated carbocycles. The second-order valence-electron chi connectivity index (χ2n) is 5.90. The van der Waals surface area contributed by atoms with Gasteiger partial charge in [-0.2, -0.15) is 8.78 Å². The van der Waals surface area contributed by atoms with E-state index in [4.69, 9.17) is 9.47 Å². The highest BCUT2D eigenvalue weighted by atomic mass is 19.3. The number of nitrogens with one attached hydrogen (secondary N) is 2. The molecule has 0 saturated heterocycles. The quantitative estimate of drug-likeness (QED) is 0.598. The molecule has 2 N–H and O–H groups in total. The van der Waals surface area contributed by atoms with Crippen LogP contribution in [0.3, 0.4) is 0 Å². The van der Waals surface area contributed by atoms with E-state index in [1.165, 1.54) is 11.6 Å². The molecule has 0 aliphatic carbocycles. The highest BCUT2D eigenvalue weighted by Gasteiger charge is 2.20. The maximum Gasteiger partial charge on any atom is 0.387 e. The smallest absolute Gasteiger partial charge is 0.387 e. The lowest BCUT2D eigenvalue weighted by molar-refractivity contribution is -0.0505. The average molecular weight is 377 g/mol. The van der Waals surface area contributed by atoms with Crippen molar-refractivity contribution in [2.45, 2.75) is 26.6 Å². The van der Waals surface area contributed by atoms with Crippen LogP contribution in [0.5, 0.6) is 17.2 Å². The van der Waals surface area contributed by atoms with Gasteiger partial charge in [0.1, 0.15) is 5.75 Å². The number of aliphatic imine (C=N–C) groups is 1. The van der Waals surface area contributed by atoms with Crippen molar-refractivity contribution in [1.29, 1.82) is 0 Å². The first-order valence-electron chi connectivity index (χ1n) is 8.43. The number of rotatable bonds is 6. The van der Waals surface area contributed by atoms with Gasteiger partial charge in [-0.15, -0.1) is 0 Å². The van der Waals surface area contributed by atoms with E-state index in [9.17, 15) is 8.78 Å². The number of nitrogens with zero attached hydrogens (tertiary/aromatic N) is 1. The van der Waals surface area contributed by atoms with E-state index < -0.39 is 6.61 Å². The molecular formula is C19H21F2N3O3. The summed E-state index contributed by atoms with van der Waals surface area (Å²) in [7, 11) is 1.64. The number of alkyl halides is 2. The zero-order valence-corrected chi connectivity index (χ0v) is 15.1. The van der Waals surface area contributed by atoms with Crippen LogP contribution in [-0.2, 0) is 13.1 Å². The topological polar surface area (TPSA) is 64.1 Å². The van der Waals surface area contributed by atoms with Gasteiger partial charge >= 0.3 is 6.61 Å². The minimum absolute atomic E-state index is 0.0381. The summed E-state index contributed by atoms with van der Waals surface area (Å²) in [5.41, 5.74) is 2.83. The highest BCUT2D eigenvalue weighted by molar-refractivity contribution is 5.79.